The van der Waals surface area contributed by atoms with Crippen LogP contribution >= 0.6 is 22.6 Å². The first-order chi connectivity index (χ1) is 23.0. The van der Waals surface area contributed by atoms with E-state index >= 15 is 0 Å². The molecule has 3 aromatic carbocycles. The van der Waals surface area contributed by atoms with Crippen LogP contribution in [0.25, 0.3) is 33.2 Å². The normalized spacial score (nSPS) is 17.3. The first kappa shape index (κ1) is 30.6. The van der Waals surface area contributed by atoms with Crippen LogP contribution in [0.4, 0.5) is 0 Å². The maximum Gasteiger partial charge on any atom is 0.252 e. The third kappa shape index (κ3) is 5.24. The molecule has 3 aliphatic rings. The molecule has 0 radical (unpaired) electrons. The monoisotopic (exact) mass is 746 g/mol. The highest BCUT2D eigenvalue weighted by atomic mass is 127. The van der Waals surface area contributed by atoms with Crippen LogP contribution in [-0.4, -0.2) is 43.9 Å². The van der Waals surface area contributed by atoms with E-state index in [4.69, 9.17) is 19.2 Å². The van der Waals surface area contributed by atoms with Crippen molar-refractivity contribution >= 4 is 50.4 Å². The maximum absolute atomic E-state index is 14.1. The lowest BCUT2D eigenvalue weighted by atomic mass is 9.76. The molecule has 2 fully saturated rings. The van der Waals surface area contributed by atoms with Gasteiger partial charge in [0.25, 0.3) is 5.91 Å². The first-order valence-corrected chi connectivity index (χ1v) is 18.2. The number of rotatable bonds is 8. The van der Waals surface area contributed by atoms with Crippen molar-refractivity contribution in [2.24, 2.45) is 0 Å². The summed E-state index contributed by atoms with van der Waals surface area (Å²) in [6.07, 6.45) is 8.71. The Balaban J connectivity index is 1.18. The fraction of sp³-hybridized carbons (Fsp3) is 0.405. The van der Waals surface area contributed by atoms with Crippen LogP contribution in [0.3, 0.4) is 0 Å². The van der Waals surface area contributed by atoms with Crippen molar-refractivity contribution < 1.29 is 24.1 Å². The van der Waals surface area contributed by atoms with E-state index in [9.17, 15) is 9.90 Å². The molecule has 3 heterocycles. The largest absolute Gasteiger partial charge is 0.496 e. The molecule has 1 amide bonds. The number of amides is 1. The zero-order valence-corrected chi connectivity index (χ0v) is 28.7. The number of nitrogens with one attached hydrogen (secondary N) is 2. The lowest BCUT2D eigenvalue weighted by molar-refractivity contribution is 0.0811. The molecule has 3 N–H and O–H groups in total. The maximum atomic E-state index is 14.1. The number of aromatic nitrogens is 3. The molecule has 0 atom stereocenters. The number of hydrogen-bond acceptors (Lipinski definition) is 6. The van der Waals surface area contributed by atoms with Gasteiger partial charge in [-0.2, -0.15) is 0 Å². The molecule has 9 nitrogen and oxygen atoms in total. The minimum Gasteiger partial charge on any atom is -0.496 e. The molecule has 1 aliphatic heterocycles. The number of hydrogen-bond donors (Lipinski definition) is 3. The molecule has 47 heavy (non-hydrogen) atoms. The Labute approximate surface area is 287 Å². The van der Waals surface area contributed by atoms with Gasteiger partial charge in [0.05, 0.1) is 42.5 Å². The molecule has 10 heteroatoms. The van der Waals surface area contributed by atoms with Crippen molar-refractivity contribution in [3.63, 3.8) is 0 Å². The Hall–Kier alpha value is -3.77. The smallest absolute Gasteiger partial charge is 0.252 e. The Kier molecular flexibility index (Phi) is 8.03. The second-order valence-corrected chi connectivity index (χ2v) is 13.7. The Morgan fingerprint density at radius 2 is 1.98 bits per heavy atom. The molecule has 0 unspecified atom stereocenters. The molecular formula is C37H39IN4O5. The topological polar surface area (TPSA) is 111 Å². The van der Waals surface area contributed by atoms with Crippen molar-refractivity contribution in [2.45, 2.75) is 76.0 Å². The number of fused-ring (bicyclic) bond motifs is 6. The summed E-state index contributed by atoms with van der Waals surface area (Å²) in [5, 5.41) is 14.4. The zero-order chi connectivity index (χ0) is 32.1. The summed E-state index contributed by atoms with van der Waals surface area (Å²) in [6.45, 7) is 1.11. The quantitative estimate of drug-likeness (QED) is 0.111. The highest BCUT2D eigenvalue weighted by Gasteiger charge is 2.43. The molecule has 0 saturated heterocycles. The number of carbonyl (C=O) groups is 1. The van der Waals surface area contributed by atoms with E-state index in [1.165, 1.54) is 48.7 Å². The number of aromatic amines is 1. The van der Waals surface area contributed by atoms with Gasteiger partial charge in [0.15, 0.2) is 0 Å². The van der Waals surface area contributed by atoms with E-state index in [1.54, 1.807) is 7.11 Å². The molecule has 0 spiro atoms. The van der Waals surface area contributed by atoms with E-state index in [1.807, 2.05) is 30.3 Å². The van der Waals surface area contributed by atoms with Crippen molar-refractivity contribution in [1.29, 1.82) is 0 Å². The first-order valence-electron chi connectivity index (χ1n) is 16.6. The number of H-pyrrole nitrogens is 1. The van der Waals surface area contributed by atoms with Gasteiger partial charge in [-0.25, -0.2) is 4.98 Å². The Morgan fingerprint density at radius 1 is 1.13 bits per heavy atom. The molecule has 2 saturated carbocycles. The highest BCUT2D eigenvalue weighted by molar-refractivity contribution is 14.1. The number of nitrogens with zero attached hydrogens (tertiary/aromatic N) is 2. The third-order valence-corrected chi connectivity index (χ3v) is 10.8. The van der Waals surface area contributed by atoms with Crippen LogP contribution in [-0.2, 0) is 18.7 Å². The van der Waals surface area contributed by atoms with Crippen LogP contribution < -0.4 is 19.5 Å². The number of ether oxygens (including phenoxy) is 3. The average Bonchev–Trinajstić information content (AvgIpc) is 3.58. The number of halogens is 1. The van der Waals surface area contributed by atoms with Crippen LogP contribution in [0.2, 0.25) is 0 Å². The lowest BCUT2D eigenvalue weighted by Crippen LogP contribution is -2.51. The van der Waals surface area contributed by atoms with E-state index in [-0.39, 0.29) is 12.5 Å². The summed E-state index contributed by atoms with van der Waals surface area (Å²) in [6, 6.07) is 16.1. The van der Waals surface area contributed by atoms with Crippen LogP contribution in [0.15, 0.2) is 48.5 Å². The predicted octanol–water partition coefficient (Wildman–Crippen LogP) is 7.71. The highest BCUT2D eigenvalue weighted by Crippen LogP contribution is 2.48. The van der Waals surface area contributed by atoms with Crippen molar-refractivity contribution in [1.82, 2.24) is 19.9 Å². The fourth-order valence-electron chi connectivity index (χ4n) is 7.93. The average molecular weight is 747 g/mol. The SMILES string of the molecule is COc1cc2nc(C3(NC(=O)c4ccc5c(C6CCCCC6)c6n(c5c4)CCOc4cc(OCI)ccc4-6)CCC3)[nH]c2cc1CO. The van der Waals surface area contributed by atoms with Gasteiger partial charge in [-0.15, -0.1) is 0 Å². The third-order valence-electron chi connectivity index (χ3n) is 10.4. The standard InChI is InChI=1S/C37H39IN4O5/c1-45-31-19-29-28(16-24(31)20-43)39-36(40-29)37(12-5-13-37)41-35(44)23-8-10-26-30(17-23)42-14-15-46-32-18-25(47-21-38)9-11-27(32)34(42)33(26)22-6-3-2-4-7-22/h8-11,16-19,22,43H,2-7,12-15,20-21H2,1H3,(H,39,40)(H,41,44). The lowest BCUT2D eigenvalue weighted by Gasteiger charge is -2.40. The number of alkyl halides is 1. The van der Waals surface area contributed by atoms with Crippen molar-refractivity contribution in [3.8, 4) is 28.5 Å². The molecule has 8 rings (SSSR count). The van der Waals surface area contributed by atoms with Crippen molar-refractivity contribution in [2.75, 3.05) is 18.3 Å². The second kappa shape index (κ2) is 12.4. The van der Waals surface area contributed by atoms with Gasteiger partial charge in [-0.05, 0) is 96.5 Å². The Morgan fingerprint density at radius 3 is 2.72 bits per heavy atom. The molecule has 2 aliphatic carbocycles. The molecular weight excluding hydrogens is 707 g/mol. The molecule has 244 valence electrons. The summed E-state index contributed by atoms with van der Waals surface area (Å²) in [5.74, 6) is 3.35. The number of aliphatic hydroxyl groups excluding tert-OH is 1. The number of methoxy groups -OCH3 is 1. The van der Waals surface area contributed by atoms with Gasteiger partial charge in [-0.3, -0.25) is 4.79 Å². The number of aliphatic hydroxyl groups is 1. The van der Waals surface area contributed by atoms with Gasteiger partial charge >= 0.3 is 0 Å². The van der Waals surface area contributed by atoms with Crippen LogP contribution in [0, 0.1) is 0 Å². The van der Waals surface area contributed by atoms with E-state index in [0.29, 0.717) is 40.6 Å². The minimum absolute atomic E-state index is 0.110. The number of carbonyl (C=O) groups excluding carboxylic acids is 1. The second-order valence-electron chi connectivity index (χ2n) is 13.1. The van der Waals surface area contributed by atoms with E-state index in [2.05, 4.69) is 55.7 Å². The summed E-state index contributed by atoms with van der Waals surface area (Å²) >= 11 is 2.21. The summed E-state index contributed by atoms with van der Waals surface area (Å²) < 4.78 is 20.5. The summed E-state index contributed by atoms with van der Waals surface area (Å²) in [4.78, 5) is 22.4. The van der Waals surface area contributed by atoms with Gasteiger partial charge in [0.1, 0.15) is 34.3 Å². The predicted molar refractivity (Wildman–Crippen MR) is 190 cm³/mol. The summed E-state index contributed by atoms with van der Waals surface area (Å²) in [5.41, 5.74) is 7.08. The van der Waals surface area contributed by atoms with E-state index < -0.39 is 5.54 Å². The zero-order valence-electron chi connectivity index (χ0n) is 26.5. The fourth-order valence-corrected chi connectivity index (χ4v) is 8.29. The summed E-state index contributed by atoms with van der Waals surface area (Å²) in [7, 11) is 1.59. The van der Waals surface area contributed by atoms with Crippen LogP contribution in [0.5, 0.6) is 17.2 Å². The van der Waals surface area contributed by atoms with Gasteiger partial charge in [-0.1, -0.05) is 25.3 Å². The van der Waals surface area contributed by atoms with E-state index in [0.717, 1.165) is 58.7 Å². The molecule has 5 aromatic rings. The van der Waals surface area contributed by atoms with Gasteiger partial charge in [0, 0.05) is 39.7 Å². The van der Waals surface area contributed by atoms with Gasteiger partial charge < -0.3 is 34.2 Å². The Bertz CT molecular complexity index is 1950. The van der Waals surface area contributed by atoms with Gasteiger partial charge in [0.2, 0.25) is 0 Å². The number of imidazole rings is 1. The van der Waals surface area contributed by atoms with Crippen molar-refractivity contribution in [3.05, 3.63) is 71.0 Å². The number of benzene rings is 3. The molecule has 0 bridgehead atoms. The minimum atomic E-state index is -0.578. The van der Waals surface area contributed by atoms with Crippen LogP contribution in [0.1, 0.15) is 84.6 Å². The molecule has 2 aromatic heterocycles.